The first-order valence-electron chi connectivity index (χ1n) is 10.9. The molecule has 7 heteroatoms. The quantitative estimate of drug-likeness (QED) is 0.651. The topological polar surface area (TPSA) is 69.0 Å². The number of benzene rings is 1. The summed E-state index contributed by atoms with van der Waals surface area (Å²) in [5.74, 6) is -0.519. The summed E-state index contributed by atoms with van der Waals surface area (Å²) >= 11 is 0. The number of amides is 1. The van der Waals surface area contributed by atoms with Crippen LogP contribution in [0.3, 0.4) is 0 Å². The van der Waals surface area contributed by atoms with Gasteiger partial charge in [0, 0.05) is 43.7 Å². The van der Waals surface area contributed by atoms with Gasteiger partial charge in [-0.15, -0.1) is 0 Å². The standard InChI is InChI=1S/C24H28N4O3/c1-16-6-4-5-7-19(16)14-20-17(2)26-22-21(15-25-28(22)18(20)3)23(29)27-10-8-24(9-11-27)30-12-13-31-24/h4-7,15H,8-14H2,1-3H3. The van der Waals surface area contributed by atoms with Gasteiger partial charge in [-0.1, -0.05) is 24.3 Å². The number of aryl methyl sites for hydroxylation is 3. The van der Waals surface area contributed by atoms with Crippen LogP contribution in [0, 0.1) is 20.8 Å². The monoisotopic (exact) mass is 420 g/mol. The Hall–Kier alpha value is -2.77. The van der Waals surface area contributed by atoms with Crippen LogP contribution in [0.2, 0.25) is 0 Å². The molecule has 162 valence electrons. The van der Waals surface area contributed by atoms with Crippen LogP contribution in [-0.4, -0.2) is 57.5 Å². The van der Waals surface area contributed by atoms with Crippen molar-refractivity contribution in [3.05, 3.63) is 64.1 Å². The van der Waals surface area contributed by atoms with Gasteiger partial charge in [0.15, 0.2) is 11.4 Å². The van der Waals surface area contributed by atoms with E-state index in [1.165, 1.54) is 11.1 Å². The van der Waals surface area contributed by atoms with E-state index in [2.05, 4.69) is 43.2 Å². The minimum absolute atomic E-state index is 0.0270. The summed E-state index contributed by atoms with van der Waals surface area (Å²) in [5.41, 5.74) is 6.83. The number of carbonyl (C=O) groups excluding carboxylic acids is 1. The Labute approximate surface area is 182 Å². The smallest absolute Gasteiger partial charge is 0.259 e. The molecule has 1 spiro atoms. The molecule has 0 unspecified atom stereocenters. The van der Waals surface area contributed by atoms with Crippen LogP contribution in [0.5, 0.6) is 0 Å². The van der Waals surface area contributed by atoms with E-state index in [-0.39, 0.29) is 5.91 Å². The molecule has 2 aromatic heterocycles. The first kappa shape index (κ1) is 20.2. The van der Waals surface area contributed by atoms with Crippen molar-refractivity contribution in [1.29, 1.82) is 0 Å². The molecule has 3 aromatic rings. The van der Waals surface area contributed by atoms with Gasteiger partial charge in [-0.3, -0.25) is 4.79 Å². The van der Waals surface area contributed by atoms with E-state index in [9.17, 15) is 4.79 Å². The van der Waals surface area contributed by atoms with Gasteiger partial charge in [-0.25, -0.2) is 9.50 Å². The lowest BCUT2D eigenvalue weighted by Gasteiger charge is -2.37. The second-order valence-electron chi connectivity index (χ2n) is 8.56. The third-order valence-electron chi connectivity index (χ3n) is 6.69. The third-order valence-corrected chi connectivity index (χ3v) is 6.69. The predicted molar refractivity (Wildman–Crippen MR) is 116 cm³/mol. The third kappa shape index (κ3) is 3.51. The summed E-state index contributed by atoms with van der Waals surface area (Å²) in [5, 5.41) is 4.53. The van der Waals surface area contributed by atoms with Gasteiger partial charge >= 0.3 is 0 Å². The summed E-state index contributed by atoms with van der Waals surface area (Å²) < 4.78 is 13.4. The summed E-state index contributed by atoms with van der Waals surface area (Å²) in [6.45, 7) is 8.68. The average molecular weight is 421 g/mol. The highest BCUT2D eigenvalue weighted by atomic mass is 16.7. The van der Waals surface area contributed by atoms with Gasteiger partial charge in [0.25, 0.3) is 5.91 Å². The van der Waals surface area contributed by atoms with Crippen LogP contribution in [0.1, 0.15) is 51.3 Å². The highest BCUT2D eigenvalue weighted by Crippen LogP contribution is 2.32. The Morgan fingerprint density at radius 2 is 1.81 bits per heavy atom. The molecule has 0 radical (unpaired) electrons. The van der Waals surface area contributed by atoms with Gasteiger partial charge < -0.3 is 14.4 Å². The summed E-state index contributed by atoms with van der Waals surface area (Å²) in [6.07, 6.45) is 3.85. The van der Waals surface area contributed by atoms with Crippen molar-refractivity contribution in [1.82, 2.24) is 19.5 Å². The van der Waals surface area contributed by atoms with Crippen LogP contribution in [0.15, 0.2) is 30.5 Å². The first-order chi connectivity index (χ1) is 15.0. The van der Waals surface area contributed by atoms with Gasteiger partial charge in [0.1, 0.15) is 5.56 Å². The van der Waals surface area contributed by atoms with E-state index in [0.717, 1.165) is 23.4 Å². The van der Waals surface area contributed by atoms with Crippen molar-refractivity contribution in [2.24, 2.45) is 0 Å². The number of likely N-dealkylation sites (tertiary alicyclic amines) is 1. The van der Waals surface area contributed by atoms with Crippen molar-refractivity contribution >= 4 is 11.6 Å². The molecule has 0 atom stereocenters. The molecule has 1 aromatic carbocycles. The number of fused-ring (bicyclic) bond motifs is 1. The second-order valence-corrected chi connectivity index (χ2v) is 8.56. The van der Waals surface area contributed by atoms with Crippen LogP contribution in [0.25, 0.3) is 5.65 Å². The van der Waals surface area contributed by atoms with E-state index < -0.39 is 5.79 Å². The zero-order valence-corrected chi connectivity index (χ0v) is 18.4. The Bertz CT molecular complexity index is 1140. The lowest BCUT2D eigenvalue weighted by Crippen LogP contribution is -2.47. The largest absolute Gasteiger partial charge is 0.347 e. The fourth-order valence-corrected chi connectivity index (χ4v) is 4.72. The summed E-state index contributed by atoms with van der Waals surface area (Å²) in [6, 6.07) is 8.39. The molecular weight excluding hydrogens is 392 g/mol. The van der Waals surface area contributed by atoms with E-state index in [0.29, 0.717) is 50.4 Å². The molecule has 0 saturated carbocycles. The maximum absolute atomic E-state index is 13.3. The zero-order chi connectivity index (χ0) is 21.6. The lowest BCUT2D eigenvalue weighted by molar-refractivity contribution is -0.181. The molecule has 0 bridgehead atoms. The van der Waals surface area contributed by atoms with E-state index >= 15 is 0 Å². The van der Waals surface area contributed by atoms with Gasteiger partial charge in [-0.05, 0) is 37.5 Å². The molecule has 2 aliphatic heterocycles. The molecule has 31 heavy (non-hydrogen) atoms. The molecule has 0 aliphatic carbocycles. The molecule has 7 nitrogen and oxygen atoms in total. The number of hydrogen-bond donors (Lipinski definition) is 0. The predicted octanol–water partition coefficient (Wildman–Crippen LogP) is 3.22. The molecule has 2 saturated heterocycles. The van der Waals surface area contributed by atoms with E-state index in [4.69, 9.17) is 14.5 Å². The van der Waals surface area contributed by atoms with Crippen LogP contribution in [0.4, 0.5) is 0 Å². The molecule has 4 heterocycles. The molecule has 5 rings (SSSR count). The number of nitrogens with zero attached hydrogens (tertiary/aromatic N) is 4. The normalized spacial score (nSPS) is 18.2. The SMILES string of the molecule is Cc1ccccc1Cc1c(C)nc2c(C(=O)N3CCC4(CC3)OCCO4)cnn2c1C. The Morgan fingerprint density at radius 3 is 2.52 bits per heavy atom. The number of ether oxygens (including phenoxy) is 2. The van der Waals surface area contributed by atoms with Crippen molar-refractivity contribution in [2.45, 2.75) is 45.8 Å². The number of carbonyl (C=O) groups is 1. The van der Waals surface area contributed by atoms with E-state index in [1.807, 2.05) is 16.3 Å². The Balaban J connectivity index is 1.42. The van der Waals surface area contributed by atoms with Crippen LogP contribution < -0.4 is 0 Å². The zero-order valence-electron chi connectivity index (χ0n) is 18.4. The minimum Gasteiger partial charge on any atom is -0.347 e. The summed E-state index contributed by atoms with van der Waals surface area (Å²) in [4.78, 5) is 19.9. The van der Waals surface area contributed by atoms with Crippen molar-refractivity contribution < 1.29 is 14.3 Å². The fourth-order valence-electron chi connectivity index (χ4n) is 4.72. The minimum atomic E-state index is -0.492. The second kappa shape index (κ2) is 7.73. The molecule has 0 N–H and O–H groups in total. The number of aromatic nitrogens is 3. The maximum Gasteiger partial charge on any atom is 0.259 e. The lowest BCUT2D eigenvalue weighted by atomic mass is 9.98. The first-order valence-corrected chi connectivity index (χ1v) is 10.9. The highest BCUT2D eigenvalue weighted by Gasteiger charge is 2.41. The van der Waals surface area contributed by atoms with Gasteiger partial charge in [0.2, 0.25) is 0 Å². The number of hydrogen-bond acceptors (Lipinski definition) is 5. The Kier molecular flexibility index (Phi) is 5.02. The van der Waals surface area contributed by atoms with E-state index in [1.54, 1.807) is 6.20 Å². The number of rotatable bonds is 3. The van der Waals surface area contributed by atoms with Crippen molar-refractivity contribution in [3.63, 3.8) is 0 Å². The summed E-state index contributed by atoms with van der Waals surface area (Å²) in [7, 11) is 0. The highest BCUT2D eigenvalue weighted by molar-refractivity contribution is 5.99. The molecule has 1 amide bonds. The number of piperidine rings is 1. The van der Waals surface area contributed by atoms with Crippen LogP contribution in [-0.2, 0) is 15.9 Å². The van der Waals surface area contributed by atoms with Gasteiger partial charge in [0.05, 0.1) is 19.4 Å². The molecule has 2 fully saturated rings. The van der Waals surface area contributed by atoms with Crippen molar-refractivity contribution in [2.75, 3.05) is 26.3 Å². The van der Waals surface area contributed by atoms with Gasteiger partial charge in [-0.2, -0.15) is 5.10 Å². The van der Waals surface area contributed by atoms with Crippen molar-refractivity contribution in [3.8, 4) is 0 Å². The molecule has 2 aliphatic rings. The fraction of sp³-hybridized carbons (Fsp3) is 0.458. The van der Waals surface area contributed by atoms with Crippen LogP contribution >= 0.6 is 0 Å². The average Bonchev–Trinajstić information content (AvgIpc) is 3.40. The molecular formula is C24H28N4O3. The maximum atomic E-state index is 13.3. The Morgan fingerprint density at radius 1 is 1.10 bits per heavy atom.